The maximum Gasteiger partial charge on any atom is 0.122 e. The van der Waals surface area contributed by atoms with Crippen molar-refractivity contribution in [3.05, 3.63) is 29.8 Å². The van der Waals surface area contributed by atoms with E-state index < -0.39 is 6.10 Å². The molecule has 1 rings (SSSR count). The topological polar surface area (TPSA) is 29.5 Å². The molecule has 2 heteroatoms. The van der Waals surface area contributed by atoms with Gasteiger partial charge in [-0.05, 0) is 25.5 Å². The van der Waals surface area contributed by atoms with Crippen LogP contribution in [0.3, 0.4) is 0 Å². The van der Waals surface area contributed by atoms with E-state index in [0.29, 0.717) is 6.61 Å². The molecule has 2 nitrogen and oxygen atoms in total. The summed E-state index contributed by atoms with van der Waals surface area (Å²) >= 11 is 0. The van der Waals surface area contributed by atoms with Gasteiger partial charge in [0.1, 0.15) is 12.4 Å². The molecule has 0 heterocycles. The number of aliphatic hydroxyl groups excluding tert-OH is 1. The Kier molecular flexibility index (Phi) is 3.11. The van der Waals surface area contributed by atoms with Gasteiger partial charge in [0.25, 0.3) is 0 Å². The molecule has 0 spiro atoms. The Morgan fingerprint density at radius 2 is 2.08 bits per heavy atom. The minimum atomic E-state index is -0.412. The average Bonchev–Trinajstić information content (AvgIpc) is 2.03. The van der Waals surface area contributed by atoms with E-state index in [1.54, 1.807) is 6.92 Å². The van der Waals surface area contributed by atoms with Crippen molar-refractivity contribution in [3.8, 4) is 5.75 Å². The lowest BCUT2D eigenvalue weighted by Crippen LogP contribution is -2.13. The molecule has 1 aromatic rings. The Bertz CT molecular complexity index is 243. The van der Waals surface area contributed by atoms with Gasteiger partial charge in [0.05, 0.1) is 6.10 Å². The molecule has 0 amide bonds. The van der Waals surface area contributed by atoms with Gasteiger partial charge in [0.2, 0.25) is 0 Å². The first-order valence-electron chi connectivity index (χ1n) is 4.06. The Morgan fingerprint density at radius 3 is 2.67 bits per heavy atom. The molecule has 0 fully saturated rings. The zero-order valence-electron chi connectivity index (χ0n) is 7.45. The molecule has 1 aromatic carbocycles. The molecule has 1 unspecified atom stereocenters. The number of benzene rings is 1. The van der Waals surface area contributed by atoms with Gasteiger partial charge in [-0.3, -0.25) is 0 Å². The van der Waals surface area contributed by atoms with Gasteiger partial charge < -0.3 is 9.84 Å². The summed E-state index contributed by atoms with van der Waals surface area (Å²) in [5.41, 5.74) is 1.10. The number of aliphatic hydroxyl groups is 1. The highest BCUT2D eigenvalue weighted by molar-refractivity contribution is 5.31. The van der Waals surface area contributed by atoms with Gasteiger partial charge in [0.15, 0.2) is 0 Å². The van der Waals surface area contributed by atoms with Crippen LogP contribution in [0.25, 0.3) is 0 Å². The Morgan fingerprint density at radius 1 is 1.42 bits per heavy atom. The predicted octanol–water partition coefficient (Wildman–Crippen LogP) is 1.75. The first-order valence-corrected chi connectivity index (χ1v) is 4.06. The molecule has 0 bridgehead atoms. The Labute approximate surface area is 72.8 Å². The molecule has 1 atom stereocenters. The van der Waals surface area contributed by atoms with E-state index in [1.165, 1.54) is 0 Å². The second-order valence-electron chi connectivity index (χ2n) is 2.93. The largest absolute Gasteiger partial charge is 0.491 e. The fourth-order valence-corrected chi connectivity index (χ4v) is 0.929. The first kappa shape index (κ1) is 9.07. The highest BCUT2D eigenvalue weighted by Gasteiger charge is 1.99. The van der Waals surface area contributed by atoms with Crippen LogP contribution in [0.15, 0.2) is 24.3 Å². The predicted molar refractivity (Wildman–Crippen MR) is 48.4 cm³/mol. The van der Waals surface area contributed by atoms with Crippen LogP contribution in [0.1, 0.15) is 12.5 Å². The monoisotopic (exact) mass is 166 g/mol. The van der Waals surface area contributed by atoms with E-state index in [2.05, 4.69) is 0 Å². The summed E-state index contributed by atoms with van der Waals surface area (Å²) in [4.78, 5) is 0. The van der Waals surface area contributed by atoms with Crippen molar-refractivity contribution in [2.24, 2.45) is 0 Å². The molecule has 12 heavy (non-hydrogen) atoms. The van der Waals surface area contributed by atoms with Crippen LogP contribution in [0.5, 0.6) is 5.75 Å². The molecule has 0 radical (unpaired) electrons. The third kappa shape index (κ3) is 2.55. The van der Waals surface area contributed by atoms with Gasteiger partial charge in [-0.2, -0.15) is 0 Å². The molecule has 0 saturated heterocycles. The summed E-state index contributed by atoms with van der Waals surface area (Å²) in [7, 11) is 0. The Balaban J connectivity index is 2.57. The number of para-hydroxylation sites is 1. The SMILES string of the molecule is Cc1ccccc1OCC(C)O. The Hall–Kier alpha value is -1.02. The van der Waals surface area contributed by atoms with Gasteiger partial charge in [0, 0.05) is 0 Å². The third-order valence-corrected chi connectivity index (χ3v) is 1.57. The molecule has 0 aliphatic rings. The van der Waals surface area contributed by atoms with Crippen LogP contribution in [-0.4, -0.2) is 17.8 Å². The van der Waals surface area contributed by atoms with Crippen LogP contribution in [0.4, 0.5) is 0 Å². The number of aryl methyl sites for hydroxylation is 1. The number of hydrogen-bond acceptors (Lipinski definition) is 2. The van der Waals surface area contributed by atoms with E-state index in [4.69, 9.17) is 9.84 Å². The van der Waals surface area contributed by atoms with E-state index in [1.807, 2.05) is 31.2 Å². The summed E-state index contributed by atoms with van der Waals surface area (Å²) in [6, 6.07) is 7.77. The van der Waals surface area contributed by atoms with Crippen LogP contribution in [-0.2, 0) is 0 Å². The zero-order chi connectivity index (χ0) is 8.97. The van der Waals surface area contributed by atoms with Gasteiger partial charge >= 0.3 is 0 Å². The van der Waals surface area contributed by atoms with Crippen molar-refractivity contribution < 1.29 is 9.84 Å². The molecule has 1 N–H and O–H groups in total. The summed E-state index contributed by atoms with van der Waals surface area (Å²) in [5.74, 6) is 0.846. The van der Waals surface area contributed by atoms with Crippen molar-refractivity contribution in [3.63, 3.8) is 0 Å². The van der Waals surface area contributed by atoms with Crippen LogP contribution in [0.2, 0.25) is 0 Å². The summed E-state index contributed by atoms with van der Waals surface area (Å²) in [6.07, 6.45) is -0.412. The number of rotatable bonds is 3. The maximum atomic E-state index is 8.98. The summed E-state index contributed by atoms with van der Waals surface area (Å²) in [5, 5.41) is 8.98. The van der Waals surface area contributed by atoms with Crippen molar-refractivity contribution in [2.45, 2.75) is 20.0 Å². The zero-order valence-corrected chi connectivity index (χ0v) is 7.45. The van der Waals surface area contributed by atoms with Crippen molar-refractivity contribution in [1.29, 1.82) is 0 Å². The average molecular weight is 166 g/mol. The van der Waals surface area contributed by atoms with Crippen molar-refractivity contribution >= 4 is 0 Å². The quantitative estimate of drug-likeness (QED) is 0.741. The molecular formula is C10H14O2. The van der Waals surface area contributed by atoms with E-state index >= 15 is 0 Å². The smallest absolute Gasteiger partial charge is 0.122 e. The lowest BCUT2D eigenvalue weighted by Gasteiger charge is -2.09. The van der Waals surface area contributed by atoms with Crippen molar-refractivity contribution in [1.82, 2.24) is 0 Å². The minimum absolute atomic E-state index is 0.352. The summed E-state index contributed by atoms with van der Waals surface area (Å²) in [6.45, 7) is 4.04. The van der Waals surface area contributed by atoms with Crippen LogP contribution in [0, 0.1) is 6.92 Å². The lowest BCUT2D eigenvalue weighted by molar-refractivity contribution is 0.122. The van der Waals surface area contributed by atoms with E-state index in [9.17, 15) is 0 Å². The van der Waals surface area contributed by atoms with Crippen LogP contribution >= 0.6 is 0 Å². The van der Waals surface area contributed by atoms with E-state index in [-0.39, 0.29) is 0 Å². The second-order valence-corrected chi connectivity index (χ2v) is 2.93. The molecule has 0 saturated carbocycles. The fourth-order valence-electron chi connectivity index (χ4n) is 0.929. The molecule has 66 valence electrons. The molecular weight excluding hydrogens is 152 g/mol. The highest BCUT2D eigenvalue weighted by Crippen LogP contribution is 2.15. The van der Waals surface area contributed by atoms with Crippen LogP contribution < -0.4 is 4.74 Å². The second kappa shape index (κ2) is 4.12. The standard InChI is InChI=1S/C10H14O2/c1-8-5-3-4-6-10(8)12-7-9(2)11/h3-6,9,11H,7H2,1-2H3. The first-order chi connectivity index (χ1) is 5.70. The lowest BCUT2D eigenvalue weighted by atomic mass is 10.2. The normalized spacial score (nSPS) is 12.6. The fraction of sp³-hybridized carbons (Fsp3) is 0.400. The van der Waals surface area contributed by atoms with Gasteiger partial charge in [-0.1, -0.05) is 18.2 Å². The highest BCUT2D eigenvalue weighted by atomic mass is 16.5. The van der Waals surface area contributed by atoms with E-state index in [0.717, 1.165) is 11.3 Å². The number of ether oxygens (including phenoxy) is 1. The third-order valence-electron chi connectivity index (χ3n) is 1.57. The van der Waals surface area contributed by atoms with Crippen molar-refractivity contribution in [2.75, 3.05) is 6.61 Å². The summed E-state index contributed by atoms with van der Waals surface area (Å²) < 4.78 is 5.35. The maximum absolute atomic E-state index is 8.98. The minimum Gasteiger partial charge on any atom is -0.491 e. The molecule has 0 aliphatic heterocycles. The molecule has 0 aliphatic carbocycles. The van der Waals surface area contributed by atoms with Gasteiger partial charge in [-0.15, -0.1) is 0 Å². The number of hydrogen-bond donors (Lipinski definition) is 1. The van der Waals surface area contributed by atoms with Gasteiger partial charge in [-0.25, -0.2) is 0 Å². The molecule has 0 aromatic heterocycles.